The number of nitrogens with two attached hydrogens (primary N) is 1. The summed E-state index contributed by atoms with van der Waals surface area (Å²) in [5.41, 5.74) is 4.26. The third kappa shape index (κ3) is 2.54. The van der Waals surface area contributed by atoms with Gasteiger partial charge in [-0.2, -0.15) is 11.8 Å². The van der Waals surface area contributed by atoms with Crippen LogP contribution in [0, 0.1) is 0 Å². The van der Waals surface area contributed by atoms with Crippen LogP contribution in [0.3, 0.4) is 0 Å². The van der Waals surface area contributed by atoms with E-state index in [1.165, 1.54) is 46.6 Å². The summed E-state index contributed by atoms with van der Waals surface area (Å²) in [6.45, 7) is 0. The van der Waals surface area contributed by atoms with Gasteiger partial charge in [0, 0.05) is 22.1 Å². The molecule has 3 N–H and O–H groups in total. The molecule has 1 fully saturated rings. The van der Waals surface area contributed by atoms with Gasteiger partial charge in [-0.15, -0.1) is 23.1 Å². The lowest BCUT2D eigenvalue weighted by Gasteiger charge is -2.20. The molecular formula is C14H18N4S3. The Labute approximate surface area is 136 Å². The molecule has 3 heterocycles. The molecule has 1 aliphatic carbocycles. The molecule has 0 spiro atoms. The number of aryl methyl sites for hydroxylation is 2. The van der Waals surface area contributed by atoms with Gasteiger partial charge in [-0.3, -0.25) is 0 Å². The van der Waals surface area contributed by atoms with Crippen molar-refractivity contribution >= 4 is 50.9 Å². The van der Waals surface area contributed by atoms with Crippen LogP contribution in [0.4, 0.5) is 5.82 Å². The van der Waals surface area contributed by atoms with Gasteiger partial charge in [0.2, 0.25) is 0 Å². The lowest BCUT2D eigenvalue weighted by atomic mass is 9.97. The van der Waals surface area contributed by atoms with Crippen molar-refractivity contribution < 1.29 is 0 Å². The minimum atomic E-state index is 0.402. The van der Waals surface area contributed by atoms with Crippen LogP contribution >= 0.6 is 34.9 Å². The number of nitrogen functional groups attached to an aromatic ring is 1. The maximum absolute atomic E-state index is 5.76. The Morgan fingerprint density at radius 2 is 2.05 bits per heavy atom. The van der Waals surface area contributed by atoms with Crippen LogP contribution in [0.15, 0.2) is 0 Å². The molecule has 2 aromatic heterocycles. The van der Waals surface area contributed by atoms with Gasteiger partial charge in [0.1, 0.15) is 10.7 Å². The fourth-order valence-corrected chi connectivity index (χ4v) is 6.93. The number of hydrogen-bond donors (Lipinski definition) is 2. The SMILES string of the molecule is NNc1nc(C2CSCCS2)nc2sc3c(c12)CCCC3. The number of rotatable bonds is 2. The Kier molecular flexibility index (Phi) is 4.00. The van der Waals surface area contributed by atoms with E-state index < -0.39 is 0 Å². The summed E-state index contributed by atoms with van der Waals surface area (Å²) in [6, 6.07) is 0. The molecule has 7 heteroatoms. The first-order valence-corrected chi connectivity index (χ1v) is 10.4. The highest BCUT2D eigenvalue weighted by atomic mass is 32.2. The van der Waals surface area contributed by atoms with Crippen molar-refractivity contribution in [3.8, 4) is 0 Å². The molecule has 0 radical (unpaired) electrons. The molecule has 1 unspecified atom stereocenters. The van der Waals surface area contributed by atoms with Crippen LogP contribution in [0.25, 0.3) is 10.2 Å². The molecule has 21 heavy (non-hydrogen) atoms. The van der Waals surface area contributed by atoms with Crippen LogP contribution in [0.5, 0.6) is 0 Å². The first-order chi connectivity index (χ1) is 10.4. The molecule has 0 amide bonds. The largest absolute Gasteiger partial charge is 0.308 e. The lowest BCUT2D eigenvalue weighted by molar-refractivity contribution is 0.700. The van der Waals surface area contributed by atoms with Gasteiger partial charge in [-0.05, 0) is 31.2 Å². The van der Waals surface area contributed by atoms with E-state index in [1.807, 2.05) is 34.9 Å². The van der Waals surface area contributed by atoms with E-state index in [-0.39, 0.29) is 0 Å². The Balaban J connectivity index is 1.83. The molecular weight excluding hydrogens is 320 g/mol. The highest BCUT2D eigenvalue weighted by Crippen LogP contribution is 2.41. The predicted molar refractivity (Wildman–Crippen MR) is 94.4 cm³/mol. The summed E-state index contributed by atoms with van der Waals surface area (Å²) in [5, 5.41) is 1.58. The van der Waals surface area contributed by atoms with Gasteiger partial charge in [-0.25, -0.2) is 15.8 Å². The molecule has 0 aromatic carbocycles. The van der Waals surface area contributed by atoms with Gasteiger partial charge in [-0.1, -0.05) is 0 Å². The average molecular weight is 339 g/mol. The van der Waals surface area contributed by atoms with Crippen LogP contribution in [-0.4, -0.2) is 27.2 Å². The number of nitrogens with zero attached hydrogens (tertiary/aromatic N) is 2. The first kappa shape index (κ1) is 14.1. The van der Waals surface area contributed by atoms with Crippen molar-refractivity contribution in [1.29, 1.82) is 0 Å². The molecule has 2 aromatic rings. The fraction of sp³-hybridized carbons (Fsp3) is 0.571. The maximum Gasteiger partial charge on any atom is 0.152 e. The van der Waals surface area contributed by atoms with E-state index in [4.69, 9.17) is 15.8 Å². The van der Waals surface area contributed by atoms with Crippen LogP contribution in [0.1, 0.15) is 34.4 Å². The monoisotopic (exact) mass is 338 g/mol. The fourth-order valence-electron chi connectivity index (χ4n) is 3.06. The zero-order chi connectivity index (χ0) is 14.2. The Hall–Kier alpha value is -0.500. The predicted octanol–water partition coefficient (Wildman–Crippen LogP) is 3.38. The van der Waals surface area contributed by atoms with E-state index in [0.29, 0.717) is 5.25 Å². The summed E-state index contributed by atoms with van der Waals surface area (Å²) in [7, 11) is 0. The number of aromatic nitrogens is 2. The number of thioether (sulfide) groups is 2. The molecule has 4 rings (SSSR count). The summed E-state index contributed by atoms with van der Waals surface area (Å²) < 4.78 is 0. The van der Waals surface area contributed by atoms with Crippen LogP contribution in [-0.2, 0) is 12.8 Å². The van der Waals surface area contributed by atoms with E-state index in [2.05, 4.69) is 5.43 Å². The highest BCUT2D eigenvalue weighted by Gasteiger charge is 2.24. The highest BCUT2D eigenvalue weighted by molar-refractivity contribution is 8.06. The number of hydrogen-bond acceptors (Lipinski definition) is 7. The maximum atomic E-state index is 5.76. The quantitative estimate of drug-likeness (QED) is 0.646. The van der Waals surface area contributed by atoms with Gasteiger partial charge < -0.3 is 5.43 Å². The average Bonchev–Trinajstić information content (AvgIpc) is 2.93. The van der Waals surface area contributed by atoms with Crippen molar-refractivity contribution in [2.45, 2.75) is 30.9 Å². The van der Waals surface area contributed by atoms with Gasteiger partial charge in [0.25, 0.3) is 0 Å². The molecule has 1 saturated heterocycles. The van der Waals surface area contributed by atoms with Crippen molar-refractivity contribution in [2.75, 3.05) is 22.7 Å². The standard InChI is InChI=1S/C14H18N4S3/c15-18-13-11-8-3-1-2-4-9(8)21-14(11)17-12(16-13)10-7-19-5-6-20-10/h10H,1-7,15H2,(H,16,17,18). The van der Waals surface area contributed by atoms with Crippen LogP contribution < -0.4 is 11.3 Å². The molecule has 1 atom stereocenters. The third-order valence-corrected chi connectivity index (χ3v) is 8.01. The second kappa shape index (κ2) is 5.95. The minimum Gasteiger partial charge on any atom is -0.308 e. The second-order valence-corrected chi connectivity index (χ2v) is 8.94. The van der Waals surface area contributed by atoms with Gasteiger partial charge in [0.15, 0.2) is 5.82 Å². The van der Waals surface area contributed by atoms with Gasteiger partial charge >= 0.3 is 0 Å². The zero-order valence-electron chi connectivity index (χ0n) is 11.7. The molecule has 0 bridgehead atoms. The van der Waals surface area contributed by atoms with Crippen molar-refractivity contribution in [3.05, 3.63) is 16.3 Å². The third-order valence-electron chi connectivity index (χ3n) is 4.07. The number of hydrazine groups is 1. The summed E-state index contributed by atoms with van der Waals surface area (Å²) >= 11 is 5.81. The summed E-state index contributed by atoms with van der Waals surface area (Å²) in [4.78, 5) is 12.3. The van der Waals surface area contributed by atoms with Crippen molar-refractivity contribution in [3.63, 3.8) is 0 Å². The molecule has 4 nitrogen and oxygen atoms in total. The van der Waals surface area contributed by atoms with Crippen molar-refractivity contribution in [2.24, 2.45) is 5.84 Å². The minimum absolute atomic E-state index is 0.402. The molecule has 112 valence electrons. The number of thiophene rings is 1. The second-order valence-electron chi connectivity index (χ2n) is 5.40. The number of nitrogens with one attached hydrogen (secondary N) is 1. The van der Waals surface area contributed by atoms with Crippen LogP contribution in [0.2, 0.25) is 0 Å². The van der Waals surface area contributed by atoms with E-state index in [1.54, 1.807) is 0 Å². The summed E-state index contributed by atoms with van der Waals surface area (Å²) in [6.07, 6.45) is 4.88. The topological polar surface area (TPSA) is 63.8 Å². The first-order valence-electron chi connectivity index (χ1n) is 7.35. The van der Waals surface area contributed by atoms with Crippen molar-refractivity contribution in [1.82, 2.24) is 9.97 Å². The Morgan fingerprint density at radius 1 is 1.14 bits per heavy atom. The van der Waals surface area contributed by atoms with E-state index >= 15 is 0 Å². The van der Waals surface area contributed by atoms with E-state index in [0.717, 1.165) is 28.6 Å². The molecule has 1 aliphatic heterocycles. The molecule has 0 saturated carbocycles. The van der Waals surface area contributed by atoms with Gasteiger partial charge in [0.05, 0.1) is 10.6 Å². The lowest BCUT2D eigenvalue weighted by Crippen LogP contribution is -2.15. The Morgan fingerprint density at radius 3 is 2.86 bits per heavy atom. The normalized spacial score (nSPS) is 22.2. The Bertz CT molecular complexity index is 664. The number of fused-ring (bicyclic) bond motifs is 3. The number of anilines is 1. The smallest absolute Gasteiger partial charge is 0.152 e. The van der Waals surface area contributed by atoms with E-state index in [9.17, 15) is 0 Å². The zero-order valence-corrected chi connectivity index (χ0v) is 14.2. The summed E-state index contributed by atoms with van der Waals surface area (Å²) in [5.74, 6) is 11.1. The molecule has 2 aliphatic rings.